The third-order valence-electron chi connectivity index (χ3n) is 5.23. The summed E-state index contributed by atoms with van der Waals surface area (Å²) in [6, 6.07) is 12.0. The quantitative estimate of drug-likeness (QED) is 0.609. The number of para-hydroxylation sites is 1. The highest BCUT2D eigenvalue weighted by atomic mass is 16.5. The first-order valence-corrected chi connectivity index (χ1v) is 8.89. The number of allylic oxidation sites excluding steroid dienone is 1. The van der Waals surface area contributed by atoms with E-state index < -0.39 is 0 Å². The van der Waals surface area contributed by atoms with Gasteiger partial charge in [-0.3, -0.25) is 4.79 Å². The van der Waals surface area contributed by atoms with E-state index in [1.54, 1.807) is 0 Å². The molecule has 0 spiro atoms. The van der Waals surface area contributed by atoms with E-state index in [1.807, 2.05) is 36.4 Å². The smallest absolute Gasteiger partial charge is 0.253 e. The van der Waals surface area contributed by atoms with Crippen molar-refractivity contribution >= 4 is 16.8 Å². The lowest BCUT2D eigenvalue weighted by Gasteiger charge is -2.23. The van der Waals surface area contributed by atoms with Crippen molar-refractivity contribution < 1.29 is 9.53 Å². The zero-order chi connectivity index (χ0) is 17.7. The second kappa shape index (κ2) is 5.73. The molecule has 0 fully saturated rings. The maximum atomic E-state index is 12.4. The van der Waals surface area contributed by atoms with Crippen LogP contribution in [0.15, 0.2) is 48.0 Å². The van der Waals surface area contributed by atoms with Crippen LogP contribution in [-0.4, -0.2) is 29.0 Å². The van der Waals surface area contributed by atoms with Gasteiger partial charge < -0.3 is 15.0 Å². The molecule has 0 aliphatic carbocycles. The minimum Gasteiger partial charge on any atom is -0.473 e. The van der Waals surface area contributed by atoms with Crippen molar-refractivity contribution in [3.8, 4) is 17.1 Å². The minimum atomic E-state index is -0.00954. The first kappa shape index (κ1) is 15.2. The molecule has 2 aromatic heterocycles. The number of H-pyrrole nitrogens is 1. The third kappa shape index (κ3) is 2.39. The number of amides is 1. The van der Waals surface area contributed by atoms with Crippen molar-refractivity contribution in [1.29, 1.82) is 0 Å². The number of ether oxygens (including phenoxy) is 1. The van der Waals surface area contributed by atoms with Gasteiger partial charge >= 0.3 is 0 Å². The third-order valence-corrected chi connectivity index (χ3v) is 5.23. The van der Waals surface area contributed by atoms with E-state index in [9.17, 15) is 4.79 Å². The Morgan fingerprint density at radius 1 is 1.19 bits per heavy atom. The summed E-state index contributed by atoms with van der Waals surface area (Å²) < 4.78 is 5.84. The van der Waals surface area contributed by atoms with Crippen molar-refractivity contribution in [1.82, 2.24) is 15.3 Å². The fourth-order valence-corrected chi connectivity index (χ4v) is 3.88. The minimum absolute atomic E-state index is 0.00954. The summed E-state index contributed by atoms with van der Waals surface area (Å²) in [6.07, 6.45) is 2.97. The number of pyridine rings is 1. The van der Waals surface area contributed by atoms with Crippen molar-refractivity contribution in [2.45, 2.75) is 19.3 Å². The molecule has 1 atom stereocenters. The van der Waals surface area contributed by atoms with Crippen molar-refractivity contribution in [3.63, 3.8) is 0 Å². The van der Waals surface area contributed by atoms with E-state index in [-0.39, 0.29) is 11.8 Å². The molecule has 0 radical (unpaired) electrons. The van der Waals surface area contributed by atoms with Gasteiger partial charge in [-0.1, -0.05) is 23.8 Å². The number of nitrogens with one attached hydrogen (secondary N) is 2. The molecule has 26 heavy (non-hydrogen) atoms. The first-order chi connectivity index (χ1) is 12.7. The van der Waals surface area contributed by atoms with E-state index >= 15 is 0 Å². The number of hydrogen-bond acceptors (Lipinski definition) is 3. The molecule has 0 saturated carbocycles. The van der Waals surface area contributed by atoms with E-state index in [0.717, 1.165) is 39.8 Å². The van der Waals surface area contributed by atoms with E-state index in [4.69, 9.17) is 9.72 Å². The number of hydrogen-bond donors (Lipinski definition) is 2. The molecule has 1 aromatic carbocycles. The van der Waals surface area contributed by atoms with Crippen molar-refractivity contribution in [2.75, 3.05) is 13.2 Å². The maximum Gasteiger partial charge on any atom is 0.253 e. The van der Waals surface area contributed by atoms with Gasteiger partial charge in [0.2, 0.25) is 5.88 Å². The molecule has 2 aliphatic heterocycles. The van der Waals surface area contributed by atoms with Gasteiger partial charge in [-0.25, -0.2) is 4.98 Å². The number of rotatable bonds is 0. The lowest BCUT2D eigenvalue weighted by atomic mass is 9.91. The second-order valence-corrected chi connectivity index (χ2v) is 7.01. The summed E-state index contributed by atoms with van der Waals surface area (Å²) >= 11 is 0. The number of carbonyl (C=O) groups is 1. The van der Waals surface area contributed by atoms with Crippen molar-refractivity contribution in [3.05, 3.63) is 59.3 Å². The molecule has 2 aliphatic rings. The van der Waals surface area contributed by atoms with Crippen LogP contribution in [0.1, 0.15) is 35.3 Å². The summed E-state index contributed by atoms with van der Waals surface area (Å²) in [5.74, 6) is 0.843. The van der Waals surface area contributed by atoms with E-state index in [0.29, 0.717) is 19.0 Å². The lowest BCUT2D eigenvalue weighted by molar-refractivity contribution is 0.0940. The predicted molar refractivity (Wildman–Crippen MR) is 100 cm³/mol. The van der Waals surface area contributed by atoms with E-state index in [1.165, 1.54) is 5.57 Å². The highest BCUT2D eigenvalue weighted by Gasteiger charge is 2.28. The number of aromatic amines is 1. The molecule has 5 heteroatoms. The second-order valence-electron chi connectivity index (χ2n) is 7.01. The normalized spacial score (nSPS) is 21.0. The molecule has 1 amide bonds. The summed E-state index contributed by atoms with van der Waals surface area (Å²) in [4.78, 5) is 20.6. The number of benzene rings is 1. The Labute approximate surface area is 151 Å². The number of carbonyl (C=O) groups excluding carboxylic acids is 1. The molecular formula is C21H19N3O2. The standard InChI is InChI=1S/C21H19N3O2/c1-12-7-8-26-18-6-5-13-3-2-4-15(19(13)24-18)17-10-16-20(23-17)14(9-12)11-22-21(16)25/h2-7,10,14,23H,8-9,11H2,1H3,(H,22,25)/b12-7+. The molecule has 130 valence electrons. The SMILES string of the molecule is C/C1=C\COc2ccc3cccc(c3n2)-c2cc3c([nH]2)C(CNC3=O)C1. The molecule has 3 aromatic rings. The Morgan fingerprint density at radius 3 is 3.04 bits per heavy atom. The highest BCUT2D eigenvalue weighted by Crippen LogP contribution is 2.35. The van der Waals surface area contributed by atoms with Crippen LogP contribution < -0.4 is 10.1 Å². The molecule has 5 nitrogen and oxygen atoms in total. The van der Waals surface area contributed by atoms with Gasteiger partial charge in [0.15, 0.2) is 0 Å². The van der Waals surface area contributed by atoms with Gasteiger partial charge in [-0.05, 0) is 31.6 Å². The Hall–Kier alpha value is -3.08. The fraction of sp³-hybridized carbons (Fsp3) is 0.238. The van der Waals surface area contributed by atoms with Gasteiger partial charge in [0.25, 0.3) is 5.91 Å². The predicted octanol–water partition coefficient (Wildman–Crippen LogP) is 3.79. The van der Waals surface area contributed by atoms with Gasteiger partial charge in [0.1, 0.15) is 6.61 Å². The summed E-state index contributed by atoms with van der Waals surface area (Å²) in [7, 11) is 0. The average molecular weight is 345 g/mol. The zero-order valence-corrected chi connectivity index (χ0v) is 14.5. The van der Waals surface area contributed by atoms with Gasteiger partial charge in [0, 0.05) is 40.9 Å². The van der Waals surface area contributed by atoms with Crippen LogP contribution in [0.4, 0.5) is 0 Å². The van der Waals surface area contributed by atoms with Crippen LogP contribution in [0.3, 0.4) is 0 Å². The van der Waals surface area contributed by atoms with E-state index in [2.05, 4.69) is 23.3 Å². The Kier molecular flexibility index (Phi) is 3.35. The van der Waals surface area contributed by atoms with Gasteiger partial charge in [0.05, 0.1) is 11.1 Å². The summed E-state index contributed by atoms with van der Waals surface area (Å²) in [6.45, 7) is 3.25. The molecule has 0 saturated heterocycles. The van der Waals surface area contributed by atoms with Crippen LogP contribution in [-0.2, 0) is 0 Å². The molecule has 4 heterocycles. The Balaban J connectivity index is 1.78. The van der Waals surface area contributed by atoms with Crippen LogP contribution in [0.2, 0.25) is 0 Å². The summed E-state index contributed by atoms with van der Waals surface area (Å²) in [5, 5.41) is 4.06. The Morgan fingerprint density at radius 2 is 2.12 bits per heavy atom. The number of fused-ring (bicyclic) bond motifs is 3. The molecule has 2 N–H and O–H groups in total. The van der Waals surface area contributed by atoms with Gasteiger partial charge in [-0.2, -0.15) is 0 Å². The largest absolute Gasteiger partial charge is 0.473 e. The summed E-state index contributed by atoms with van der Waals surface area (Å²) in [5.41, 5.74) is 5.79. The number of aromatic nitrogens is 2. The molecular weight excluding hydrogens is 326 g/mol. The average Bonchev–Trinajstić information content (AvgIpc) is 3.09. The maximum absolute atomic E-state index is 12.4. The lowest BCUT2D eigenvalue weighted by Crippen LogP contribution is -2.34. The van der Waals surface area contributed by atoms with Crippen LogP contribution >= 0.6 is 0 Å². The number of nitrogens with zero attached hydrogens (tertiary/aromatic N) is 1. The monoisotopic (exact) mass is 345 g/mol. The molecule has 1 unspecified atom stereocenters. The Bertz CT molecular complexity index is 1060. The topological polar surface area (TPSA) is 67.0 Å². The van der Waals surface area contributed by atoms with Crippen LogP contribution in [0, 0.1) is 0 Å². The van der Waals surface area contributed by atoms with Crippen LogP contribution in [0.25, 0.3) is 22.2 Å². The van der Waals surface area contributed by atoms with Crippen LogP contribution in [0.5, 0.6) is 5.88 Å². The molecule has 4 bridgehead atoms. The first-order valence-electron chi connectivity index (χ1n) is 8.89. The fourth-order valence-electron chi connectivity index (χ4n) is 3.88. The zero-order valence-electron chi connectivity index (χ0n) is 14.5. The molecule has 5 rings (SSSR count). The van der Waals surface area contributed by atoms with Crippen molar-refractivity contribution in [2.24, 2.45) is 0 Å². The van der Waals surface area contributed by atoms with Gasteiger partial charge in [-0.15, -0.1) is 0 Å². The highest BCUT2D eigenvalue weighted by molar-refractivity contribution is 6.00.